The molecule has 2 aromatic rings. The number of amides is 1. The number of aromatic nitrogens is 2. The largest absolute Gasteiger partial charge is 0.471 e. The van der Waals surface area contributed by atoms with Gasteiger partial charge in [-0.1, -0.05) is 23.4 Å². The molecule has 1 N–H and O–H groups in total. The Hall–Kier alpha value is -2.42. The van der Waals surface area contributed by atoms with Gasteiger partial charge in [0.15, 0.2) is 6.23 Å². The van der Waals surface area contributed by atoms with Gasteiger partial charge < -0.3 is 14.6 Å². The minimum atomic E-state index is -4.68. The molecule has 1 aromatic heterocycles. The molecule has 1 unspecified atom stereocenters. The highest BCUT2D eigenvalue weighted by Crippen LogP contribution is 2.31. The Kier molecular flexibility index (Phi) is 3.80. The quantitative estimate of drug-likeness (QED) is 0.917. The first kappa shape index (κ1) is 15.5. The number of carbonyl (C=O) groups excluding carboxylic acids is 1. The summed E-state index contributed by atoms with van der Waals surface area (Å²) in [5.41, 5.74) is 1.74. The van der Waals surface area contributed by atoms with E-state index in [9.17, 15) is 18.0 Å². The molecule has 1 amide bonds. The predicted octanol–water partition coefficient (Wildman–Crippen LogP) is 2.60. The molecule has 3 rings (SSSR count). The maximum atomic E-state index is 12.5. The zero-order valence-corrected chi connectivity index (χ0v) is 12.0. The van der Waals surface area contributed by atoms with Crippen LogP contribution in [0.5, 0.6) is 0 Å². The monoisotopic (exact) mass is 327 g/mol. The molecule has 0 aliphatic carbocycles. The van der Waals surface area contributed by atoms with Crippen molar-refractivity contribution in [2.24, 2.45) is 0 Å². The number of hydrogen-bond donors (Lipinski definition) is 1. The van der Waals surface area contributed by atoms with Gasteiger partial charge in [-0.25, -0.2) is 0 Å². The smallest absolute Gasteiger partial charge is 0.354 e. The maximum Gasteiger partial charge on any atom is 0.471 e. The molecule has 0 saturated carbocycles. The number of halogens is 3. The van der Waals surface area contributed by atoms with Crippen LogP contribution in [0.4, 0.5) is 13.2 Å². The summed E-state index contributed by atoms with van der Waals surface area (Å²) in [5, 5.41) is 6.04. The van der Waals surface area contributed by atoms with Gasteiger partial charge in [-0.05, 0) is 12.5 Å². The average Bonchev–Trinajstić information content (AvgIpc) is 2.97. The Labute approximate surface area is 128 Å². The molecule has 0 bridgehead atoms. The van der Waals surface area contributed by atoms with Crippen LogP contribution in [0.3, 0.4) is 0 Å². The van der Waals surface area contributed by atoms with E-state index in [1.807, 2.05) is 0 Å². The fraction of sp³-hybridized carbons (Fsp3) is 0.357. The molecule has 1 aliphatic rings. The fourth-order valence-corrected chi connectivity index (χ4v) is 2.26. The van der Waals surface area contributed by atoms with Crippen LogP contribution in [-0.2, 0) is 15.7 Å². The van der Waals surface area contributed by atoms with Gasteiger partial charge in [0.05, 0.1) is 13.0 Å². The number of aryl methyl sites for hydroxylation is 1. The van der Waals surface area contributed by atoms with Crippen LogP contribution in [-0.4, -0.2) is 22.7 Å². The Balaban J connectivity index is 1.87. The molecule has 2 heterocycles. The average molecular weight is 327 g/mol. The van der Waals surface area contributed by atoms with Gasteiger partial charge in [0.2, 0.25) is 11.7 Å². The lowest BCUT2D eigenvalue weighted by Crippen LogP contribution is -2.36. The highest BCUT2D eigenvalue weighted by Gasteiger charge is 2.38. The summed E-state index contributed by atoms with van der Waals surface area (Å²) in [7, 11) is 0. The number of benzene rings is 1. The summed E-state index contributed by atoms with van der Waals surface area (Å²) in [4.78, 5) is 14.7. The van der Waals surface area contributed by atoms with Crippen molar-refractivity contribution in [3.63, 3.8) is 0 Å². The van der Waals surface area contributed by atoms with E-state index in [2.05, 4.69) is 20.0 Å². The summed E-state index contributed by atoms with van der Waals surface area (Å²) in [6, 6.07) is 4.91. The molecule has 1 fully saturated rings. The van der Waals surface area contributed by atoms with Crippen LogP contribution in [0.25, 0.3) is 11.4 Å². The Morgan fingerprint density at radius 3 is 2.74 bits per heavy atom. The number of hydrogen-bond acceptors (Lipinski definition) is 5. The van der Waals surface area contributed by atoms with E-state index >= 15 is 0 Å². The second-order valence-electron chi connectivity index (χ2n) is 5.06. The Bertz CT molecular complexity index is 742. The van der Waals surface area contributed by atoms with Crippen molar-refractivity contribution in [3.8, 4) is 11.4 Å². The van der Waals surface area contributed by atoms with Crippen LogP contribution in [0.2, 0.25) is 0 Å². The number of ether oxygens (including phenoxy) is 1. The lowest BCUT2D eigenvalue weighted by Gasteiger charge is -2.24. The molecule has 0 spiro atoms. The van der Waals surface area contributed by atoms with Crippen LogP contribution >= 0.6 is 0 Å². The number of alkyl halides is 3. The topological polar surface area (TPSA) is 77.2 Å². The van der Waals surface area contributed by atoms with Crippen molar-refractivity contribution in [2.75, 3.05) is 6.61 Å². The Morgan fingerprint density at radius 1 is 1.35 bits per heavy atom. The Morgan fingerprint density at radius 2 is 2.13 bits per heavy atom. The lowest BCUT2D eigenvalue weighted by molar-refractivity contribution is -0.159. The highest BCUT2D eigenvalue weighted by molar-refractivity contribution is 5.77. The van der Waals surface area contributed by atoms with Gasteiger partial charge in [0, 0.05) is 11.1 Å². The number of rotatable bonds is 2. The standard InChI is InChI=1S/C14H12F3N3O3/c1-7-6-8(12-18-10(21)4-5-22-12)2-3-9(7)11-19-13(23-20-11)14(15,16)17/h2-3,6,12H,4-5H2,1H3,(H,18,21). The third-order valence-corrected chi connectivity index (χ3v) is 3.37. The van der Waals surface area contributed by atoms with Gasteiger partial charge in [-0.2, -0.15) is 18.2 Å². The van der Waals surface area contributed by atoms with Crippen LogP contribution in [0.15, 0.2) is 22.7 Å². The van der Waals surface area contributed by atoms with Crippen molar-refractivity contribution < 1.29 is 27.2 Å². The van der Waals surface area contributed by atoms with Crippen LogP contribution in [0, 0.1) is 6.92 Å². The zero-order valence-electron chi connectivity index (χ0n) is 12.0. The van der Waals surface area contributed by atoms with Crippen molar-refractivity contribution in [2.45, 2.75) is 25.7 Å². The third-order valence-electron chi connectivity index (χ3n) is 3.37. The first-order chi connectivity index (χ1) is 10.8. The minimum absolute atomic E-state index is 0.115. The van der Waals surface area contributed by atoms with Crippen molar-refractivity contribution in [1.29, 1.82) is 0 Å². The summed E-state index contributed by atoms with van der Waals surface area (Å²) in [6.07, 6.45) is -4.95. The van der Waals surface area contributed by atoms with E-state index in [0.29, 0.717) is 29.7 Å². The van der Waals surface area contributed by atoms with Crippen molar-refractivity contribution >= 4 is 5.91 Å². The minimum Gasteiger partial charge on any atom is -0.354 e. The molecule has 122 valence electrons. The molecule has 6 nitrogen and oxygen atoms in total. The second-order valence-corrected chi connectivity index (χ2v) is 5.06. The summed E-state index contributed by atoms with van der Waals surface area (Å²) in [6.45, 7) is 2.02. The molecular weight excluding hydrogens is 315 g/mol. The molecule has 1 saturated heterocycles. The predicted molar refractivity (Wildman–Crippen MR) is 70.9 cm³/mol. The van der Waals surface area contributed by atoms with Crippen LogP contribution in [0.1, 0.15) is 29.7 Å². The second kappa shape index (κ2) is 5.65. The number of nitrogens with zero attached hydrogens (tertiary/aromatic N) is 2. The van der Waals surface area contributed by atoms with E-state index in [0.717, 1.165) is 0 Å². The van der Waals surface area contributed by atoms with Crippen LogP contribution < -0.4 is 5.32 Å². The molecule has 1 atom stereocenters. The van der Waals surface area contributed by atoms with Crippen molar-refractivity contribution in [1.82, 2.24) is 15.5 Å². The number of carbonyl (C=O) groups is 1. The first-order valence-electron chi connectivity index (χ1n) is 6.77. The summed E-state index contributed by atoms with van der Waals surface area (Å²) >= 11 is 0. The third kappa shape index (κ3) is 3.19. The van der Waals surface area contributed by atoms with Crippen molar-refractivity contribution in [3.05, 3.63) is 35.2 Å². The molecule has 9 heteroatoms. The van der Waals surface area contributed by atoms with E-state index in [1.165, 1.54) is 0 Å². The van der Waals surface area contributed by atoms with E-state index < -0.39 is 18.3 Å². The molecule has 23 heavy (non-hydrogen) atoms. The van der Waals surface area contributed by atoms with Gasteiger partial charge in [-0.15, -0.1) is 0 Å². The van der Waals surface area contributed by atoms with Gasteiger partial charge >= 0.3 is 12.1 Å². The first-order valence-corrected chi connectivity index (χ1v) is 6.77. The molecular formula is C14H12F3N3O3. The van der Waals surface area contributed by atoms with E-state index in [-0.39, 0.29) is 11.7 Å². The molecule has 1 aliphatic heterocycles. The molecule has 1 aromatic carbocycles. The number of nitrogens with one attached hydrogen (secondary N) is 1. The van der Waals surface area contributed by atoms with Gasteiger partial charge in [0.1, 0.15) is 0 Å². The highest BCUT2D eigenvalue weighted by atomic mass is 19.4. The van der Waals surface area contributed by atoms with Gasteiger partial charge in [0.25, 0.3) is 0 Å². The van der Waals surface area contributed by atoms with E-state index in [1.54, 1.807) is 25.1 Å². The molecule has 0 radical (unpaired) electrons. The zero-order chi connectivity index (χ0) is 16.6. The van der Waals surface area contributed by atoms with E-state index in [4.69, 9.17) is 4.74 Å². The fourth-order valence-electron chi connectivity index (χ4n) is 2.26. The SMILES string of the molecule is Cc1cc(C2NC(=O)CCO2)ccc1-c1noc(C(F)(F)F)n1. The van der Waals surface area contributed by atoms with Gasteiger partial charge in [-0.3, -0.25) is 4.79 Å². The summed E-state index contributed by atoms with van der Waals surface area (Å²) in [5.74, 6) is -1.65. The maximum absolute atomic E-state index is 12.5. The summed E-state index contributed by atoms with van der Waals surface area (Å²) < 4.78 is 47.2. The lowest BCUT2D eigenvalue weighted by atomic mass is 10.0. The normalized spacial score (nSPS) is 18.8.